The molecule has 1 aromatic heterocycles. The molecule has 0 amide bonds. The van der Waals surface area contributed by atoms with E-state index in [1.165, 1.54) is 56.2 Å². The number of aromatic nitrogens is 1. The summed E-state index contributed by atoms with van der Waals surface area (Å²) in [4.78, 5) is 1.32. The molecule has 0 aromatic carbocycles. The minimum absolute atomic E-state index is 0.229. The third kappa shape index (κ3) is 4.75. The van der Waals surface area contributed by atoms with E-state index < -0.39 is 0 Å². The summed E-state index contributed by atoms with van der Waals surface area (Å²) in [6, 6.07) is 0. The second kappa shape index (κ2) is 8.26. The van der Waals surface area contributed by atoms with E-state index in [0.29, 0.717) is 0 Å². The lowest BCUT2D eigenvalue weighted by Gasteiger charge is -2.29. The molecule has 1 unspecified atom stereocenters. The minimum Gasteiger partial charge on any atom is -0.196 e. The maximum atomic E-state index is 6.46. The third-order valence-corrected chi connectivity index (χ3v) is 5.82. The molecule has 3 heteroatoms. The van der Waals surface area contributed by atoms with Crippen LogP contribution in [-0.4, -0.2) is 4.37 Å². The number of rotatable bonds is 9. The van der Waals surface area contributed by atoms with Gasteiger partial charge in [0, 0.05) is 5.41 Å². The Morgan fingerprint density at radius 1 is 1.05 bits per heavy atom. The largest absolute Gasteiger partial charge is 0.196 e. The highest BCUT2D eigenvalue weighted by molar-refractivity contribution is 7.06. The zero-order valence-electron chi connectivity index (χ0n) is 12.9. The molecule has 1 atom stereocenters. The van der Waals surface area contributed by atoms with Crippen molar-refractivity contribution in [2.45, 2.75) is 84.5 Å². The summed E-state index contributed by atoms with van der Waals surface area (Å²) < 4.78 is 4.44. The predicted molar refractivity (Wildman–Crippen MR) is 87.5 cm³/mol. The molecule has 0 saturated carbocycles. The summed E-state index contributed by atoms with van der Waals surface area (Å²) in [5.41, 5.74) is 1.23. The molecule has 1 rings (SSSR count). The van der Waals surface area contributed by atoms with Crippen molar-refractivity contribution < 1.29 is 0 Å². The number of aryl methyl sites for hydroxylation is 1. The lowest BCUT2D eigenvalue weighted by Crippen LogP contribution is -2.21. The number of halogens is 1. The van der Waals surface area contributed by atoms with E-state index in [-0.39, 0.29) is 5.41 Å². The fourth-order valence-electron chi connectivity index (χ4n) is 2.59. The first kappa shape index (κ1) is 17.0. The van der Waals surface area contributed by atoms with Crippen LogP contribution in [0.1, 0.15) is 82.7 Å². The predicted octanol–water partition coefficient (Wildman–Crippen LogP) is 6.52. The summed E-state index contributed by atoms with van der Waals surface area (Å²) in [5, 5.41) is 0.916. The smallest absolute Gasteiger partial charge is 0.0780 e. The van der Waals surface area contributed by atoms with Crippen molar-refractivity contribution in [2.24, 2.45) is 0 Å². The Balaban J connectivity index is 2.77. The Morgan fingerprint density at radius 3 is 2.21 bits per heavy atom. The van der Waals surface area contributed by atoms with Gasteiger partial charge < -0.3 is 0 Å². The highest BCUT2D eigenvalue weighted by Gasteiger charge is 2.30. The molecule has 1 nitrogen and oxygen atoms in total. The van der Waals surface area contributed by atoms with Crippen molar-refractivity contribution in [1.82, 2.24) is 4.37 Å². The quantitative estimate of drug-likeness (QED) is 0.473. The van der Waals surface area contributed by atoms with Crippen molar-refractivity contribution in [2.75, 3.05) is 0 Å². The number of hydrogen-bond acceptors (Lipinski definition) is 2. The van der Waals surface area contributed by atoms with Crippen molar-refractivity contribution in [3.05, 3.63) is 15.6 Å². The first-order valence-electron chi connectivity index (χ1n) is 7.67. The molecule has 110 valence electrons. The van der Waals surface area contributed by atoms with Gasteiger partial charge in [0.15, 0.2) is 0 Å². The molecule has 1 aromatic rings. The normalized spacial score (nSPS) is 14.6. The van der Waals surface area contributed by atoms with Gasteiger partial charge in [-0.2, -0.15) is 4.37 Å². The van der Waals surface area contributed by atoms with E-state index >= 15 is 0 Å². The molecule has 0 bridgehead atoms. The molecule has 19 heavy (non-hydrogen) atoms. The summed E-state index contributed by atoms with van der Waals surface area (Å²) in [7, 11) is 0. The van der Waals surface area contributed by atoms with Crippen LogP contribution in [0, 0.1) is 6.92 Å². The van der Waals surface area contributed by atoms with Crippen LogP contribution in [0.15, 0.2) is 0 Å². The number of nitrogens with zero attached hydrogens (tertiary/aromatic N) is 1. The molecule has 1 heterocycles. The third-order valence-electron chi connectivity index (χ3n) is 4.00. The number of unbranched alkanes of at least 4 members (excludes halogenated alkanes) is 4. The Labute approximate surface area is 127 Å². The zero-order chi connectivity index (χ0) is 14.3. The summed E-state index contributed by atoms with van der Waals surface area (Å²) in [5.74, 6) is 0. The summed E-state index contributed by atoms with van der Waals surface area (Å²) in [6.45, 7) is 8.92. The summed E-state index contributed by atoms with van der Waals surface area (Å²) in [6.07, 6.45) is 10.3. The topological polar surface area (TPSA) is 12.9 Å². The summed E-state index contributed by atoms with van der Waals surface area (Å²) >= 11 is 8.08. The Hall–Kier alpha value is -0.0800. The van der Waals surface area contributed by atoms with Crippen LogP contribution in [0.25, 0.3) is 0 Å². The van der Waals surface area contributed by atoms with Gasteiger partial charge in [0.05, 0.1) is 15.6 Å². The number of hydrogen-bond donors (Lipinski definition) is 0. The fraction of sp³-hybridized carbons (Fsp3) is 0.812. The Bertz CT molecular complexity index is 375. The molecule has 0 N–H and O–H groups in total. The maximum absolute atomic E-state index is 6.46. The van der Waals surface area contributed by atoms with Crippen molar-refractivity contribution >= 4 is 23.1 Å². The van der Waals surface area contributed by atoms with Crippen LogP contribution in [-0.2, 0) is 5.41 Å². The maximum Gasteiger partial charge on any atom is 0.0780 e. The first-order chi connectivity index (χ1) is 9.05. The average molecular weight is 302 g/mol. The molecule has 0 fully saturated rings. The standard InChI is InChI=1S/C16H28ClNS/c1-5-7-9-10-12-16(4,11-8-6-2)15-14(17)13(3)18-19-15/h5-12H2,1-4H3. The molecule has 0 spiro atoms. The van der Waals surface area contributed by atoms with E-state index in [9.17, 15) is 0 Å². The van der Waals surface area contributed by atoms with Crippen LogP contribution in [0.4, 0.5) is 0 Å². The van der Waals surface area contributed by atoms with Gasteiger partial charge in [-0.25, -0.2) is 0 Å². The van der Waals surface area contributed by atoms with E-state index in [1.807, 2.05) is 6.92 Å². The highest BCUT2D eigenvalue weighted by atomic mass is 35.5. The first-order valence-corrected chi connectivity index (χ1v) is 8.82. The monoisotopic (exact) mass is 301 g/mol. The minimum atomic E-state index is 0.229. The van der Waals surface area contributed by atoms with E-state index in [2.05, 4.69) is 25.1 Å². The molecular weight excluding hydrogens is 274 g/mol. The lowest BCUT2D eigenvalue weighted by molar-refractivity contribution is 0.375. The SMILES string of the molecule is CCCCCCC(C)(CCCC)c1snc(C)c1Cl. The van der Waals surface area contributed by atoms with Gasteiger partial charge in [-0.3, -0.25) is 0 Å². The molecule has 0 radical (unpaired) electrons. The molecule has 0 saturated heterocycles. The van der Waals surface area contributed by atoms with Gasteiger partial charge in [-0.05, 0) is 31.3 Å². The van der Waals surface area contributed by atoms with E-state index in [0.717, 1.165) is 10.7 Å². The van der Waals surface area contributed by atoms with Crippen LogP contribution in [0.5, 0.6) is 0 Å². The van der Waals surface area contributed by atoms with Crippen molar-refractivity contribution in [3.8, 4) is 0 Å². The second-order valence-electron chi connectivity index (χ2n) is 5.89. The lowest BCUT2D eigenvalue weighted by atomic mass is 9.78. The van der Waals surface area contributed by atoms with Crippen LogP contribution in [0.2, 0.25) is 5.02 Å². The Kier molecular flexibility index (Phi) is 7.38. The second-order valence-corrected chi connectivity index (χ2v) is 7.04. The van der Waals surface area contributed by atoms with Gasteiger partial charge in [0.2, 0.25) is 0 Å². The van der Waals surface area contributed by atoms with E-state index in [1.54, 1.807) is 11.5 Å². The van der Waals surface area contributed by atoms with Gasteiger partial charge in [0.25, 0.3) is 0 Å². The fourth-order valence-corrected chi connectivity index (χ4v) is 3.99. The van der Waals surface area contributed by atoms with Gasteiger partial charge in [-0.1, -0.05) is 70.9 Å². The van der Waals surface area contributed by atoms with Gasteiger partial charge in [0.1, 0.15) is 0 Å². The molecule has 0 aliphatic rings. The zero-order valence-corrected chi connectivity index (χ0v) is 14.5. The van der Waals surface area contributed by atoms with Crippen LogP contribution >= 0.6 is 23.1 Å². The van der Waals surface area contributed by atoms with E-state index in [4.69, 9.17) is 11.6 Å². The van der Waals surface area contributed by atoms with Crippen LogP contribution < -0.4 is 0 Å². The molecular formula is C16H28ClNS. The average Bonchev–Trinajstić information content (AvgIpc) is 2.73. The van der Waals surface area contributed by atoms with Crippen molar-refractivity contribution in [3.63, 3.8) is 0 Å². The highest BCUT2D eigenvalue weighted by Crippen LogP contribution is 2.42. The molecule has 0 aliphatic heterocycles. The molecule has 0 aliphatic carbocycles. The van der Waals surface area contributed by atoms with Gasteiger partial charge >= 0.3 is 0 Å². The van der Waals surface area contributed by atoms with Crippen LogP contribution in [0.3, 0.4) is 0 Å². The van der Waals surface area contributed by atoms with Crippen molar-refractivity contribution in [1.29, 1.82) is 0 Å². The Morgan fingerprint density at radius 2 is 1.68 bits per heavy atom. The van der Waals surface area contributed by atoms with Gasteiger partial charge in [-0.15, -0.1) is 0 Å².